The van der Waals surface area contributed by atoms with Crippen LogP contribution in [0, 0.1) is 5.92 Å². The zero-order valence-electron chi connectivity index (χ0n) is 10.6. The van der Waals surface area contributed by atoms with Gasteiger partial charge in [0.1, 0.15) is 0 Å². The third-order valence-corrected chi connectivity index (χ3v) is 3.02. The zero-order chi connectivity index (χ0) is 12.0. The van der Waals surface area contributed by atoms with E-state index < -0.39 is 0 Å². The summed E-state index contributed by atoms with van der Waals surface area (Å²) in [6.45, 7) is 6.42. The Bertz CT molecular complexity index is 341. The fourth-order valence-corrected chi connectivity index (χ4v) is 1.77. The lowest BCUT2D eigenvalue weighted by molar-refractivity contribution is 0.0963. The molecule has 1 heteroatoms. The van der Waals surface area contributed by atoms with Gasteiger partial charge in [-0.1, -0.05) is 51.8 Å². The Labute approximate surface area is 98.9 Å². The molecule has 1 rings (SSSR count). The summed E-state index contributed by atoms with van der Waals surface area (Å²) in [5.41, 5.74) is 2.16. The molecular formula is C15H22O. The van der Waals surface area contributed by atoms with Crippen LogP contribution in [0.4, 0.5) is 0 Å². The molecule has 0 aliphatic carbocycles. The standard InChI is InChI=1S/C15H22O/c1-4-7-13-8-6-9-14(11-13)15(16)10-12(3)5-2/h6,8-9,11-12H,4-5,7,10H2,1-3H3. The molecule has 0 bridgehead atoms. The Kier molecular flexibility index (Phi) is 5.24. The van der Waals surface area contributed by atoms with Crippen LogP contribution in [0.1, 0.15) is 56.0 Å². The maximum Gasteiger partial charge on any atom is 0.163 e. The molecule has 1 aromatic carbocycles. The lowest BCUT2D eigenvalue weighted by atomic mass is 9.96. The van der Waals surface area contributed by atoms with Crippen molar-refractivity contribution in [2.75, 3.05) is 0 Å². The van der Waals surface area contributed by atoms with Gasteiger partial charge in [0.2, 0.25) is 0 Å². The van der Waals surface area contributed by atoms with E-state index in [4.69, 9.17) is 0 Å². The number of carbonyl (C=O) groups is 1. The smallest absolute Gasteiger partial charge is 0.163 e. The Morgan fingerprint density at radius 3 is 2.69 bits per heavy atom. The third-order valence-electron chi connectivity index (χ3n) is 3.02. The largest absolute Gasteiger partial charge is 0.294 e. The molecule has 1 atom stereocenters. The topological polar surface area (TPSA) is 17.1 Å². The number of hydrogen-bond donors (Lipinski definition) is 0. The van der Waals surface area contributed by atoms with Gasteiger partial charge in [-0.25, -0.2) is 0 Å². The minimum Gasteiger partial charge on any atom is -0.294 e. The van der Waals surface area contributed by atoms with Crippen LogP contribution in [0.25, 0.3) is 0 Å². The molecule has 1 nitrogen and oxygen atoms in total. The summed E-state index contributed by atoms with van der Waals surface area (Å²) in [4.78, 5) is 12.0. The summed E-state index contributed by atoms with van der Waals surface area (Å²) in [6.07, 6.45) is 3.93. The van der Waals surface area contributed by atoms with Crippen molar-refractivity contribution in [3.05, 3.63) is 35.4 Å². The van der Waals surface area contributed by atoms with Crippen LogP contribution in [-0.4, -0.2) is 5.78 Å². The normalized spacial score (nSPS) is 12.4. The van der Waals surface area contributed by atoms with E-state index in [0.29, 0.717) is 12.3 Å². The molecule has 0 saturated carbocycles. The summed E-state index contributed by atoms with van der Waals surface area (Å²) < 4.78 is 0. The zero-order valence-corrected chi connectivity index (χ0v) is 10.6. The van der Waals surface area contributed by atoms with E-state index in [1.807, 2.05) is 18.2 Å². The third kappa shape index (κ3) is 3.80. The molecule has 0 spiro atoms. The van der Waals surface area contributed by atoms with Gasteiger partial charge in [0.05, 0.1) is 0 Å². The van der Waals surface area contributed by atoms with E-state index >= 15 is 0 Å². The van der Waals surface area contributed by atoms with Crippen molar-refractivity contribution in [1.82, 2.24) is 0 Å². The number of benzene rings is 1. The number of ketones is 1. The van der Waals surface area contributed by atoms with E-state index in [9.17, 15) is 4.79 Å². The average Bonchev–Trinajstić information content (AvgIpc) is 2.29. The summed E-state index contributed by atoms with van der Waals surface area (Å²) in [7, 11) is 0. The first-order valence-corrected chi connectivity index (χ1v) is 6.29. The molecule has 88 valence electrons. The van der Waals surface area contributed by atoms with Crippen molar-refractivity contribution in [1.29, 1.82) is 0 Å². The molecule has 0 heterocycles. The number of rotatable bonds is 6. The van der Waals surface area contributed by atoms with Crippen LogP contribution in [0.3, 0.4) is 0 Å². The van der Waals surface area contributed by atoms with Gasteiger partial charge in [0.25, 0.3) is 0 Å². The van der Waals surface area contributed by atoms with Gasteiger partial charge in [0.15, 0.2) is 5.78 Å². The van der Waals surface area contributed by atoms with Crippen molar-refractivity contribution >= 4 is 5.78 Å². The van der Waals surface area contributed by atoms with Gasteiger partial charge < -0.3 is 0 Å². The number of hydrogen-bond acceptors (Lipinski definition) is 1. The van der Waals surface area contributed by atoms with Gasteiger partial charge in [-0.3, -0.25) is 4.79 Å². The van der Waals surface area contributed by atoms with E-state index in [0.717, 1.165) is 24.8 Å². The fourth-order valence-electron chi connectivity index (χ4n) is 1.77. The van der Waals surface area contributed by atoms with Gasteiger partial charge >= 0.3 is 0 Å². The summed E-state index contributed by atoms with van der Waals surface area (Å²) in [5.74, 6) is 0.773. The maximum absolute atomic E-state index is 12.0. The lowest BCUT2D eigenvalue weighted by Gasteiger charge is -2.08. The Morgan fingerprint density at radius 2 is 2.06 bits per heavy atom. The van der Waals surface area contributed by atoms with Gasteiger partial charge in [-0.2, -0.15) is 0 Å². The molecule has 0 aliphatic rings. The molecule has 0 saturated heterocycles. The van der Waals surface area contributed by atoms with Crippen molar-refractivity contribution in [3.63, 3.8) is 0 Å². The molecule has 0 radical (unpaired) electrons. The highest BCUT2D eigenvalue weighted by Crippen LogP contribution is 2.14. The molecule has 1 unspecified atom stereocenters. The molecule has 1 aromatic rings. The Morgan fingerprint density at radius 1 is 1.31 bits per heavy atom. The van der Waals surface area contributed by atoms with Gasteiger partial charge in [-0.15, -0.1) is 0 Å². The molecule has 0 aromatic heterocycles. The summed E-state index contributed by atoms with van der Waals surface area (Å²) in [6, 6.07) is 8.08. The highest BCUT2D eigenvalue weighted by molar-refractivity contribution is 5.96. The highest BCUT2D eigenvalue weighted by atomic mass is 16.1. The summed E-state index contributed by atoms with van der Waals surface area (Å²) >= 11 is 0. The minimum atomic E-state index is 0.285. The van der Waals surface area contributed by atoms with E-state index in [1.54, 1.807) is 0 Å². The molecule has 16 heavy (non-hydrogen) atoms. The first-order chi connectivity index (χ1) is 7.67. The van der Waals surface area contributed by atoms with Gasteiger partial charge in [0, 0.05) is 12.0 Å². The first-order valence-electron chi connectivity index (χ1n) is 6.29. The van der Waals surface area contributed by atoms with Crippen LogP contribution in [0.15, 0.2) is 24.3 Å². The first kappa shape index (κ1) is 13.0. The van der Waals surface area contributed by atoms with E-state index in [2.05, 4.69) is 26.8 Å². The molecule has 0 amide bonds. The average molecular weight is 218 g/mol. The Balaban J connectivity index is 2.71. The van der Waals surface area contributed by atoms with E-state index in [-0.39, 0.29) is 5.78 Å². The molecule has 0 fully saturated rings. The van der Waals surface area contributed by atoms with Crippen LogP contribution >= 0.6 is 0 Å². The van der Waals surface area contributed by atoms with Crippen LogP contribution in [0.2, 0.25) is 0 Å². The van der Waals surface area contributed by atoms with Crippen molar-refractivity contribution in [2.45, 2.75) is 46.5 Å². The predicted molar refractivity (Wildman–Crippen MR) is 68.8 cm³/mol. The van der Waals surface area contributed by atoms with Crippen molar-refractivity contribution in [2.24, 2.45) is 5.92 Å². The van der Waals surface area contributed by atoms with Crippen LogP contribution in [0.5, 0.6) is 0 Å². The van der Waals surface area contributed by atoms with E-state index in [1.165, 1.54) is 5.56 Å². The second-order valence-corrected chi connectivity index (χ2v) is 4.59. The van der Waals surface area contributed by atoms with Crippen molar-refractivity contribution in [3.8, 4) is 0 Å². The lowest BCUT2D eigenvalue weighted by Crippen LogP contribution is -2.05. The minimum absolute atomic E-state index is 0.285. The number of Topliss-reactive ketones (excluding diaryl/α,β-unsaturated/α-hetero) is 1. The number of carbonyl (C=O) groups excluding carboxylic acids is 1. The molecule has 0 aliphatic heterocycles. The molecular weight excluding hydrogens is 196 g/mol. The maximum atomic E-state index is 12.0. The van der Waals surface area contributed by atoms with Gasteiger partial charge in [-0.05, 0) is 24.0 Å². The molecule has 0 N–H and O–H groups in total. The monoisotopic (exact) mass is 218 g/mol. The van der Waals surface area contributed by atoms with Crippen LogP contribution in [-0.2, 0) is 6.42 Å². The quantitative estimate of drug-likeness (QED) is 0.652. The highest BCUT2D eigenvalue weighted by Gasteiger charge is 2.10. The second kappa shape index (κ2) is 6.47. The predicted octanol–water partition coefficient (Wildman–Crippen LogP) is 4.26. The van der Waals surface area contributed by atoms with Crippen molar-refractivity contribution < 1.29 is 4.79 Å². The SMILES string of the molecule is CCCc1cccc(C(=O)CC(C)CC)c1. The second-order valence-electron chi connectivity index (χ2n) is 4.59. The number of aryl methyl sites for hydroxylation is 1. The van der Waals surface area contributed by atoms with Crippen LogP contribution < -0.4 is 0 Å². The fraction of sp³-hybridized carbons (Fsp3) is 0.533. The summed E-state index contributed by atoms with van der Waals surface area (Å²) in [5, 5.41) is 0. The Hall–Kier alpha value is -1.11.